The molecule has 0 aromatic heterocycles. The predicted octanol–water partition coefficient (Wildman–Crippen LogP) is 1.65. The Kier molecular flexibility index (Phi) is 6.22. The van der Waals surface area contributed by atoms with Crippen molar-refractivity contribution in [3.05, 3.63) is 0 Å². The van der Waals surface area contributed by atoms with E-state index in [9.17, 15) is 0 Å². The van der Waals surface area contributed by atoms with E-state index in [1.807, 2.05) is 6.92 Å². The molecule has 2 unspecified atom stereocenters. The number of likely N-dealkylation sites (N-methyl/N-ethyl adjacent to an activating group) is 1. The molecular weight excluding hydrogens is 190 g/mol. The summed E-state index contributed by atoms with van der Waals surface area (Å²) in [6.45, 7) is 4.89. The monoisotopic (exact) mass is 215 g/mol. The maximum absolute atomic E-state index is 9.14. The fraction of sp³-hybridized carbons (Fsp3) is 1.00. The Balaban J connectivity index is 2.03. The number of ether oxygens (including phenoxy) is 1. The highest BCUT2D eigenvalue weighted by Crippen LogP contribution is 2.13. The Labute approximate surface area is 93.4 Å². The fourth-order valence-electron chi connectivity index (χ4n) is 2.05. The van der Waals surface area contributed by atoms with Crippen molar-refractivity contribution in [1.82, 2.24) is 4.90 Å². The van der Waals surface area contributed by atoms with Crippen LogP contribution in [0.25, 0.3) is 0 Å². The first-order valence-electron chi connectivity index (χ1n) is 6.16. The van der Waals surface area contributed by atoms with E-state index in [2.05, 4.69) is 11.9 Å². The first kappa shape index (κ1) is 12.9. The van der Waals surface area contributed by atoms with E-state index in [-0.39, 0.29) is 6.10 Å². The standard InChI is InChI=1S/C12H25NO2/c1-11(14)6-5-8-13(2)10-12-7-3-4-9-15-12/h11-12,14H,3-10H2,1-2H3. The van der Waals surface area contributed by atoms with Gasteiger partial charge in [0.1, 0.15) is 0 Å². The van der Waals surface area contributed by atoms with Gasteiger partial charge in [0.15, 0.2) is 0 Å². The second-order valence-electron chi connectivity index (χ2n) is 4.74. The minimum Gasteiger partial charge on any atom is -0.393 e. The molecule has 0 saturated carbocycles. The molecule has 0 spiro atoms. The van der Waals surface area contributed by atoms with Crippen molar-refractivity contribution in [2.24, 2.45) is 0 Å². The lowest BCUT2D eigenvalue weighted by atomic mass is 10.1. The molecule has 0 bridgehead atoms. The molecule has 0 amide bonds. The van der Waals surface area contributed by atoms with Gasteiger partial charge in [-0.2, -0.15) is 0 Å². The predicted molar refractivity (Wildman–Crippen MR) is 62.0 cm³/mol. The number of aliphatic hydroxyl groups is 1. The zero-order valence-electron chi connectivity index (χ0n) is 10.1. The molecule has 1 heterocycles. The average Bonchev–Trinajstić information content (AvgIpc) is 2.18. The van der Waals surface area contributed by atoms with Gasteiger partial charge in [-0.1, -0.05) is 0 Å². The summed E-state index contributed by atoms with van der Waals surface area (Å²) in [7, 11) is 2.14. The van der Waals surface area contributed by atoms with Crippen LogP contribution in [0.4, 0.5) is 0 Å². The third-order valence-corrected chi connectivity index (χ3v) is 2.95. The number of rotatable bonds is 6. The van der Waals surface area contributed by atoms with Gasteiger partial charge in [-0.15, -0.1) is 0 Å². The molecule has 15 heavy (non-hydrogen) atoms. The van der Waals surface area contributed by atoms with Crippen LogP contribution in [-0.2, 0) is 4.74 Å². The van der Waals surface area contributed by atoms with Crippen LogP contribution in [0.3, 0.4) is 0 Å². The van der Waals surface area contributed by atoms with Gasteiger partial charge in [-0.3, -0.25) is 0 Å². The van der Waals surface area contributed by atoms with Crippen molar-refractivity contribution in [2.75, 3.05) is 26.7 Å². The first-order chi connectivity index (χ1) is 7.18. The Morgan fingerprint density at radius 3 is 2.87 bits per heavy atom. The average molecular weight is 215 g/mol. The van der Waals surface area contributed by atoms with Crippen molar-refractivity contribution in [3.63, 3.8) is 0 Å². The zero-order valence-corrected chi connectivity index (χ0v) is 10.1. The molecule has 0 aromatic carbocycles. The summed E-state index contributed by atoms with van der Waals surface area (Å²) in [5.74, 6) is 0. The van der Waals surface area contributed by atoms with Gasteiger partial charge in [0, 0.05) is 13.2 Å². The molecule has 3 nitrogen and oxygen atoms in total. The van der Waals surface area contributed by atoms with Gasteiger partial charge in [0.25, 0.3) is 0 Å². The van der Waals surface area contributed by atoms with Crippen LogP contribution in [0, 0.1) is 0 Å². The van der Waals surface area contributed by atoms with Crippen LogP contribution in [-0.4, -0.2) is 49.0 Å². The molecule has 1 aliphatic heterocycles. The first-order valence-corrected chi connectivity index (χ1v) is 6.16. The SMILES string of the molecule is CC(O)CCCN(C)CC1CCCCO1. The molecule has 0 radical (unpaired) electrons. The maximum atomic E-state index is 9.14. The van der Waals surface area contributed by atoms with Crippen molar-refractivity contribution in [3.8, 4) is 0 Å². The normalized spacial score (nSPS) is 24.4. The zero-order chi connectivity index (χ0) is 11.1. The number of hydrogen-bond donors (Lipinski definition) is 1. The van der Waals surface area contributed by atoms with Crippen LogP contribution >= 0.6 is 0 Å². The molecule has 0 aromatic rings. The summed E-state index contributed by atoms with van der Waals surface area (Å²) >= 11 is 0. The number of nitrogens with zero attached hydrogens (tertiary/aromatic N) is 1. The minimum absolute atomic E-state index is 0.163. The van der Waals surface area contributed by atoms with Crippen LogP contribution < -0.4 is 0 Å². The van der Waals surface area contributed by atoms with E-state index in [1.54, 1.807) is 0 Å². The second-order valence-corrected chi connectivity index (χ2v) is 4.74. The summed E-state index contributed by atoms with van der Waals surface area (Å²) < 4.78 is 5.68. The van der Waals surface area contributed by atoms with Crippen molar-refractivity contribution in [2.45, 2.75) is 51.2 Å². The van der Waals surface area contributed by atoms with Gasteiger partial charge < -0.3 is 14.7 Å². The minimum atomic E-state index is -0.163. The Morgan fingerprint density at radius 1 is 1.47 bits per heavy atom. The molecule has 1 fully saturated rings. The molecule has 1 rings (SSSR count). The summed E-state index contributed by atoms with van der Waals surface area (Å²) in [6.07, 6.45) is 5.99. The molecule has 0 aliphatic carbocycles. The molecule has 1 aliphatic rings. The van der Waals surface area contributed by atoms with Crippen molar-refractivity contribution in [1.29, 1.82) is 0 Å². The van der Waals surface area contributed by atoms with Crippen molar-refractivity contribution < 1.29 is 9.84 Å². The highest BCUT2D eigenvalue weighted by Gasteiger charge is 2.15. The van der Waals surface area contributed by atoms with Crippen molar-refractivity contribution >= 4 is 0 Å². The van der Waals surface area contributed by atoms with E-state index in [4.69, 9.17) is 9.84 Å². The summed E-state index contributed by atoms with van der Waals surface area (Å²) in [6, 6.07) is 0. The summed E-state index contributed by atoms with van der Waals surface area (Å²) in [5.41, 5.74) is 0. The molecule has 1 saturated heterocycles. The summed E-state index contributed by atoms with van der Waals surface area (Å²) in [4.78, 5) is 2.32. The molecule has 2 atom stereocenters. The van der Waals surface area contributed by atoms with E-state index < -0.39 is 0 Å². The quantitative estimate of drug-likeness (QED) is 0.731. The summed E-state index contributed by atoms with van der Waals surface area (Å²) in [5, 5.41) is 9.14. The highest BCUT2D eigenvalue weighted by molar-refractivity contribution is 4.67. The Morgan fingerprint density at radius 2 is 2.27 bits per heavy atom. The van der Waals surface area contributed by atoms with Gasteiger partial charge in [-0.05, 0) is 52.6 Å². The fourth-order valence-corrected chi connectivity index (χ4v) is 2.05. The Hall–Kier alpha value is -0.120. The third-order valence-electron chi connectivity index (χ3n) is 2.95. The van der Waals surface area contributed by atoms with E-state index in [0.29, 0.717) is 6.10 Å². The van der Waals surface area contributed by atoms with Gasteiger partial charge in [-0.25, -0.2) is 0 Å². The lowest BCUT2D eigenvalue weighted by Gasteiger charge is -2.27. The number of aliphatic hydroxyl groups excluding tert-OH is 1. The molecule has 90 valence electrons. The van der Waals surface area contributed by atoms with Crippen LogP contribution in [0.2, 0.25) is 0 Å². The number of hydrogen-bond acceptors (Lipinski definition) is 3. The molecular formula is C12H25NO2. The lowest BCUT2D eigenvalue weighted by Crippen LogP contribution is -2.34. The third kappa shape index (κ3) is 6.13. The smallest absolute Gasteiger partial charge is 0.0701 e. The highest BCUT2D eigenvalue weighted by atomic mass is 16.5. The van der Waals surface area contributed by atoms with Gasteiger partial charge >= 0.3 is 0 Å². The second kappa shape index (κ2) is 7.20. The topological polar surface area (TPSA) is 32.7 Å². The van der Waals surface area contributed by atoms with Crippen LogP contribution in [0.15, 0.2) is 0 Å². The maximum Gasteiger partial charge on any atom is 0.0701 e. The molecule has 1 N–H and O–H groups in total. The molecule has 3 heteroatoms. The Bertz CT molecular complexity index is 156. The largest absolute Gasteiger partial charge is 0.393 e. The van der Waals surface area contributed by atoms with E-state index in [1.165, 1.54) is 19.3 Å². The van der Waals surface area contributed by atoms with Gasteiger partial charge in [0.2, 0.25) is 0 Å². The lowest BCUT2D eigenvalue weighted by molar-refractivity contribution is -0.00191. The van der Waals surface area contributed by atoms with Crippen LogP contribution in [0.1, 0.15) is 39.0 Å². The van der Waals surface area contributed by atoms with Gasteiger partial charge in [0.05, 0.1) is 12.2 Å². The van der Waals surface area contributed by atoms with E-state index >= 15 is 0 Å². The van der Waals surface area contributed by atoms with Crippen LogP contribution in [0.5, 0.6) is 0 Å². The van der Waals surface area contributed by atoms with E-state index in [0.717, 1.165) is 32.5 Å².